The Balaban J connectivity index is 1.73. The summed E-state index contributed by atoms with van der Waals surface area (Å²) in [5.74, 6) is -0.315. The second kappa shape index (κ2) is 9.44. The number of hydrogen-bond acceptors (Lipinski definition) is 6. The molecule has 1 amide bonds. The maximum absolute atomic E-state index is 13.0. The molecule has 0 radical (unpaired) electrons. The van der Waals surface area contributed by atoms with Crippen molar-refractivity contribution in [3.8, 4) is 5.75 Å². The molecule has 9 nitrogen and oxygen atoms in total. The smallest absolute Gasteiger partial charge is 0.271 e. The number of sulfonamides is 1. The molecule has 1 atom stereocenters. The number of non-ortho nitro benzene ring substituents is 1. The summed E-state index contributed by atoms with van der Waals surface area (Å²) in [5.41, 5.74) is 0.920. The summed E-state index contributed by atoms with van der Waals surface area (Å²) in [6.07, 6.45) is 1.08. The summed E-state index contributed by atoms with van der Waals surface area (Å²) < 4.78 is 32.7. The number of nitrogens with zero attached hydrogens (tertiary/aromatic N) is 2. The van der Waals surface area contributed by atoms with Crippen LogP contribution in [-0.4, -0.2) is 43.2 Å². The first-order valence-corrected chi connectivity index (χ1v) is 11.4. The molecule has 2 aromatic rings. The second-order valence-corrected chi connectivity index (χ2v) is 9.29. The molecule has 1 N–H and O–H groups in total. The Morgan fingerprint density at radius 3 is 2.61 bits per heavy atom. The summed E-state index contributed by atoms with van der Waals surface area (Å²) in [4.78, 5) is 23.4. The summed E-state index contributed by atoms with van der Waals surface area (Å²) in [6, 6.07) is 10.5. The molecule has 0 unspecified atom stereocenters. The van der Waals surface area contributed by atoms with E-state index in [0.29, 0.717) is 43.0 Å². The lowest BCUT2D eigenvalue weighted by atomic mass is 9.98. The van der Waals surface area contributed by atoms with E-state index in [1.54, 1.807) is 25.1 Å². The maximum Gasteiger partial charge on any atom is 0.271 e. The summed E-state index contributed by atoms with van der Waals surface area (Å²) in [6.45, 7) is 4.45. The minimum absolute atomic E-state index is 0.0509. The van der Waals surface area contributed by atoms with Gasteiger partial charge in [-0.05, 0) is 56.5 Å². The van der Waals surface area contributed by atoms with Crippen LogP contribution in [-0.2, 0) is 14.8 Å². The van der Waals surface area contributed by atoms with Crippen molar-refractivity contribution in [1.29, 1.82) is 0 Å². The van der Waals surface area contributed by atoms with Gasteiger partial charge in [0.05, 0.1) is 28.0 Å². The molecule has 0 bridgehead atoms. The monoisotopic (exact) mass is 447 g/mol. The molecule has 1 aliphatic rings. The molecule has 31 heavy (non-hydrogen) atoms. The number of rotatable bonds is 7. The standard InChI is InChI=1S/C21H25N3O6S/c1-3-30-18-8-10-19(11-9-18)31(28,29)23-12-4-5-16(14-23)21(25)22-20-13-17(24(26)27)7-6-15(20)2/h6-11,13,16H,3-5,12,14H2,1-2H3,(H,22,25)/t16-/m0/s1. The zero-order valence-corrected chi connectivity index (χ0v) is 18.2. The van der Waals surface area contributed by atoms with E-state index in [4.69, 9.17) is 4.74 Å². The van der Waals surface area contributed by atoms with Gasteiger partial charge >= 0.3 is 0 Å². The van der Waals surface area contributed by atoms with Gasteiger partial charge in [0.15, 0.2) is 0 Å². The van der Waals surface area contributed by atoms with Crippen molar-refractivity contribution in [2.24, 2.45) is 5.92 Å². The van der Waals surface area contributed by atoms with Crippen LogP contribution in [0.5, 0.6) is 5.75 Å². The zero-order chi connectivity index (χ0) is 22.6. The van der Waals surface area contributed by atoms with Crippen molar-refractivity contribution in [3.63, 3.8) is 0 Å². The highest BCUT2D eigenvalue weighted by Crippen LogP contribution is 2.27. The average molecular weight is 448 g/mol. The molecule has 0 saturated carbocycles. The number of nitro groups is 1. The number of carbonyl (C=O) groups is 1. The Labute approximate surface area is 181 Å². The Bertz CT molecular complexity index is 1070. The lowest BCUT2D eigenvalue weighted by Crippen LogP contribution is -2.43. The lowest BCUT2D eigenvalue weighted by Gasteiger charge is -2.31. The molecule has 0 aliphatic carbocycles. The first-order valence-electron chi connectivity index (χ1n) is 10.0. The predicted molar refractivity (Wildman–Crippen MR) is 116 cm³/mol. The molecule has 1 aliphatic heterocycles. The molecule has 1 fully saturated rings. The van der Waals surface area contributed by atoms with E-state index in [1.807, 2.05) is 6.92 Å². The molecule has 1 saturated heterocycles. The molecular formula is C21H25N3O6S. The third-order valence-corrected chi connectivity index (χ3v) is 7.10. The highest BCUT2D eigenvalue weighted by Gasteiger charge is 2.33. The van der Waals surface area contributed by atoms with Crippen molar-refractivity contribution in [1.82, 2.24) is 4.31 Å². The molecule has 0 spiro atoms. The normalized spacial score (nSPS) is 17.2. The fourth-order valence-corrected chi connectivity index (χ4v) is 5.02. The number of anilines is 1. The van der Waals surface area contributed by atoms with Crippen LogP contribution in [0.25, 0.3) is 0 Å². The Morgan fingerprint density at radius 2 is 1.97 bits per heavy atom. The molecule has 10 heteroatoms. The van der Waals surface area contributed by atoms with Gasteiger partial charge in [-0.15, -0.1) is 0 Å². The van der Waals surface area contributed by atoms with E-state index < -0.39 is 20.9 Å². The Morgan fingerprint density at radius 1 is 1.26 bits per heavy atom. The number of hydrogen-bond donors (Lipinski definition) is 1. The van der Waals surface area contributed by atoms with Gasteiger partial charge in [0.2, 0.25) is 15.9 Å². The molecular weight excluding hydrogens is 422 g/mol. The topological polar surface area (TPSA) is 119 Å². The van der Waals surface area contributed by atoms with Gasteiger partial charge in [-0.25, -0.2) is 8.42 Å². The van der Waals surface area contributed by atoms with Gasteiger partial charge in [0.25, 0.3) is 5.69 Å². The van der Waals surface area contributed by atoms with Gasteiger partial charge in [-0.2, -0.15) is 4.31 Å². The van der Waals surface area contributed by atoms with Gasteiger partial charge in [-0.3, -0.25) is 14.9 Å². The van der Waals surface area contributed by atoms with E-state index in [1.165, 1.54) is 28.6 Å². The Kier molecular flexibility index (Phi) is 6.91. The number of nitro benzene ring substituents is 1. The third-order valence-electron chi connectivity index (χ3n) is 5.22. The lowest BCUT2D eigenvalue weighted by molar-refractivity contribution is -0.384. The van der Waals surface area contributed by atoms with E-state index in [2.05, 4.69) is 5.32 Å². The van der Waals surface area contributed by atoms with Crippen LogP contribution in [0.3, 0.4) is 0 Å². The van der Waals surface area contributed by atoms with Crippen LogP contribution in [0.1, 0.15) is 25.3 Å². The fraction of sp³-hybridized carbons (Fsp3) is 0.381. The van der Waals surface area contributed by atoms with Gasteiger partial charge in [0.1, 0.15) is 5.75 Å². The van der Waals surface area contributed by atoms with Crippen molar-refractivity contribution in [2.75, 3.05) is 25.0 Å². The van der Waals surface area contributed by atoms with E-state index >= 15 is 0 Å². The van der Waals surface area contributed by atoms with Gasteiger partial charge in [-0.1, -0.05) is 6.07 Å². The van der Waals surface area contributed by atoms with Crippen LogP contribution < -0.4 is 10.1 Å². The number of benzene rings is 2. The van der Waals surface area contributed by atoms with E-state index in [-0.39, 0.29) is 23.0 Å². The number of piperidine rings is 1. The van der Waals surface area contributed by atoms with E-state index in [9.17, 15) is 23.3 Å². The maximum atomic E-state index is 13.0. The first-order chi connectivity index (χ1) is 14.7. The van der Waals surface area contributed by atoms with Gasteiger partial charge < -0.3 is 10.1 Å². The molecule has 3 rings (SSSR count). The number of aryl methyl sites for hydroxylation is 1. The largest absolute Gasteiger partial charge is 0.494 e. The van der Waals surface area contributed by atoms with Crippen LogP contribution in [0, 0.1) is 23.0 Å². The number of amides is 1. The summed E-state index contributed by atoms with van der Waals surface area (Å²) in [7, 11) is -3.75. The Hall–Kier alpha value is -2.98. The van der Waals surface area contributed by atoms with Crippen molar-refractivity contribution in [2.45, 2.75) is 31.6 Å². The van der Waals surface area contributed by atoms with Crippen LogP contribution in [0.2, 0.25) is 0 Å². The third kappa shape index (κ3) is 5.20. The fourth-order valence-electron chi connectivity index (χ4n) is 3.49. The summed E-state index contributed by atoms with van der Waals surface area (Å²) >= 11 is 0. The predicted octanol–water partition coefficient (Wildman–Crippen LogP) is 3.34. The van der Waals surface area contributed by atoms with E-state index in [0.717, 1.165) is 0 Å². The molecule has 0 aromatic heterocycles. The molecule has 1 heterocycles. The summed E-state index contributed by atoms with van der Waals surface area (Å²) in [5, 5.41) is 13.7. The molecule has 166 valence electrons. The van der Waals surface area contributed by atoms with Gasteiger partial charge in [0, 0.05) is 25.2 Å². The first kappa shape index (κ1) is 22.7. The quantitative estimate of drug-likeness (QED) is 0.514. The highest BCUT2D eigenvalue weighted by atomic mass is 32.2. The highest BCUT2D eigenvalue weighted by molar-refractivity contribution is 7.89. The van der Waals surface area contributed by atoms with Crippen LogP contribution in [0.15, 0.2) is 47.4 Å². The SMILES string of the molecule is CCOc1ccc(S(=O)(=O)N2CCC[C@H](C(=O)Nc3cc([N+](=O)[O-])ccc3C)C2)cc1. The van der Waals surface area contributed by atoms with Crippen molar-refractivity contribution >= 4 is 27.3 Å². The average Bonchev–Trinajstić information content (AvgIpc) is 2.76. The molecule has 2 aromatic carbocycles. The number of ether oxygens (including phenoxy) is 1. The van der Waals surface area contributed by atoms with Crippen LogP contribution >= 0.6 is 0 Å². The number of nitrogens with one attached hydrogen (secondary N) is 1. The minimum Gasteiger partial charge on any atom is -0.494 e. The van der Waals surface area contributed by atoms with Crippen molar-refractivity contribution < 1.29 is 22.9 Å². The van der Waals surface area contributed by atoms with Crippen LogP contribution in [0.4, 0.5) is 11.4 Å². The number of carbonyl (C=O) groups excluding carboxylic acids is 1. The zero-order valence-electron chi connectivity index (χ0n) is 17.4. The second-order valence-electron chi connectivity index (χ2n) is 7.35. The van der Waals surface area contributed by atoms with Crippen molar-refractivity contribution in [3.05, 3.63) is 58.1 Å². The minimum atomic E-state index is -3.75.